The van der Waals surface area contributed by atoms with Crippen molar-refractivity contribution in [1.82, 2.24) is 24.8 Å². The highest BCUT2D eigenvalue weighted by atomic mass is 16.1. The van der Waals surface area contributed by atoms with Gasteiger partial charge in [-0.3, -0.25) is 14.7 Å². The van der Waals surface area contributed by atoms with Crippen molar-refractivity contribution < 1.29 is 0 Å². The number of aromatic amines is 1. The molecule has 0 radical (unpaired) electrons. The molecule has 1 N–H and O–H groups in total. The number of pyridine rings is 1. The van der Waals surface area contributed by atoms with Crippen LogP contribution in [0.3, 0.4) is 0 Å². The van der Waals surface area contributed by atoms with Crippen molar-refractivity contribution in [2.75, 3.05) is 27.2 Å². The molecule has 1 aromatic carbocycles. The largest absolute Gasteiger partial charge is 0.306 e. The van der Waals surface area contributed by atoms with Crippen LogP contribution < -0.4 is 5.56 Å². The molecule has 0 aliphatic carbocycles. The van der Waals surface area contributed by atoms with E-state index in [0.29, 0.717) is 17.6 Å². The lowest BCUT2D eigenvalue weighted by atomic mass is 10.1. The van der Waals surface area contributed by atoms with Crippen LogP contribution >= 0.6 is 0 Å². The molecule has 2 aromatic heterocycles. The minimum atomic E-state index is -0.160. The van der Waals surface area contributed by atoms with E-state index in [4.69, 9.17) is 0 Å². The summed E-state index contributed by atoms with van der Waals surface area (Å²) in [6.45, 7) is 3.19. The molecule has 6 nitrogen and oxygen atoms in total. The first kappa shape index (κ1) is 18.5. The highest BCUT2D eigenvalue weighted by molar-refractivity contribution is 5.63. The first-order valence-electron chi connectivity index (χ1n) is 9.58. The van der Waals surface area contributed by atoms with E-state index < -0.39 is 0 Å². The molecule has 0 bridgehead atoms. The molecule has 0 spiro atoms. The summed E-state index contributed by atoms with van der Waals surface area (Å²) in [7, 11) is 4.30. The number of rotatable bonds is 5. The summed E-state index contributed by atoms with van der Waals surface area (Å²) in [6.07, 6.45) is 4.62. The fourth-order valence-electron chi connectivity index (χ4n) is 3.67. The standard InChI is InChI=1S/C22H25N5O/c1-26(2)19-9-12-27(15-19)14-16-3-5-18(6-4-16)22-24-20(13-21(28)25-22)17-7-10-23-11-8-17/h3-8,10-11,13,19H,9,12,14-15H2,1-2H3,(H,24,25,28). The van der Waals surface area contributed by atoms with Gasteiger partial charge in [-0.1, -0.05) is 24.3 Å². The monoisotopic (exact) mass is 375 g/mol. The number of hydrogen-bond donors (Lipinski definition) is 1. The molecule has 3 heterocycles. The van der Waals surface area contributed by atoms with Crippen molar-refractivity contribution in [3.63, 3.8) is 0 Å². The Labute approximate surface area is 164 Å². The Morgan fingerprint density at radius 2 is 1.86 bits per heavy atom. The number of hydrogen-bond acceptors (Lipinski definition) is 5. The molecular formula is C22H25N5O. The van der Waals surface area contributed by atoms with Crippen LogP contribution in [0.5, 0.6) is 0 Å². The van der Waals surface area contributed by atoms with Gasteiger partial charge in [0.1, 0.15) is 5.82 Å². The number of H-pyrrole nitrogens is 1. The van der Waals surface area contributed by atoms with Crippen LogP contribution in [0.1, 0.15) is 12.0 Å². The average Bonchev–Trinajstić information content (AvgIpc) is 3.18. The maximum Gasteiger partial charge on any atom is 0.251 e. The zero-order valence-electron chi connectivity index (χ0n) is 16.3. The third-order valence-corrected chi connectivity index (χ3v) is 5.33. The maximum absolute atomic E-state index is 12.1. The maximum atomic E-state index is 12.1. The van der Waals surface area contributed by atoms with Gasteiger partial charge in [-0.05, 0) is 38.2 Å². The summed E-state index contributed by atoms with van der Waals surface area (Å²) in [5.74, 6) is 0.583. The second kappa shape index (κ2) is 8.04. The lowest BCUT2D eigenvalue weighted by molar-refractivity contribution is 0.264. The molecule has 144 valence electrons. The normalized spacial score (nSPS) is 17.3. The Morgan fingerprint density at radius 1 is 1.11 bits per heavy atom. The van der Waals surface area contributed by atoms with Crippen LogP contribution in [-0.4, -0.2) is 58.0 Å². The summed E-state index contributed by atoms with van der Waals surface area (Å²) in [5.41, 5.74) is 3.55. The van der Waals surface area contributed by atoms with Gasteiger partial charge in [0, 0.05) is 55.3 Å². The van der Waals surface area contributed by atoms with E-state index in [1.807, 2.05) is 24.3 Å². The van der Waals surface area contributed by atoms with E-state index in [-0.39, 0.29) is 5.56 Å². The summed E-state index contributed by atoms with van der Waals surface area (Å²) < 4.78 is 0. The first-order chi connectivity index (χ1) is 13.6. The van der Waals surface area contributed by atoms with E-state index in [2.05, 4.69) is 51.0 Å². The van der Waals surface area contributed by atoms with Gasteiger partial charge >= 0.3 is 0 Å². The zero-order chi connectivity index (χ0) is 19.5. The SMILES string of the molecule is CN(C)C1CCN(Cc2ccc(-c3nc(-c4ccncc4)cc(=O)[nH]3)cc2)C1. The van der Waals surface area contributed by atoms with Crippen LogP contribution in [0.25, 0.3) is 22.6 Å². The van der Waals surface area contributed by atoms with Gasteiger partial charge in [-0.2, -0.15) is 0 Å². The van der Waals surface area contributed by atoms with Gasteiger partial charge < -0.3 is 9.88 Å². The topological polar surface area (TPSA) is 65.1 Å². The molecule has 0 amide bonds. The lowest BCUT2D eigenvalue weighted by Gasteiger charge is -2.20. The van der Waals surface area contributed by atoms with Gasteiger partial charge in [0.2, 0.25) is 0 Å². The molecule has 1 fully saturated rings. The summed E-state index contributed by atoms with van der Waals surface area (Å²) in [4.78, 5) is 28.4. The van der Waals surface area contributed by atoms with Crippen LogP contribution in [0, 0.1) is 0 Å². The Kier molecular flexibility index (Phi) is 5.32. The lowest BCUT2D eigenvalue weighted by Crippen LogP contribution is -2.31. The molecule has 0 saturated carbocycles. The van der Waals surface area contributed by atoms with Gasteiger partial charge in [-0.25, -0.2) is 4.98 Å². The Morgan fingerprint density at radius 3 is 2.54 bits per heavy atom. The summed E-state index contributed by atoms with van der Waals surface area (Å²) in [5, 5.41) is 0. The molecular weight excluding hydrogens is 350 g/mol. The first-order valence-corrected chi connectivity index (χ1v) is 9.58. The number of nitrogens with zero attached hydrogens (tertiary/aromatic N) is 4. The Hall–Kier alpha value is -2.83. The minimum Gasteiger partial charge on any atom is -0.306 e. The highest BCUT2D eigenvalue weighted by Crippen LogP contribution is 2.21. The van der Waals surface area contributed by atoms with Crippen molar-refractivity contribution in [3.05, 3.63) is 70.8 Å². The van der Waals surface area contributed by atoms with Crippen LogP contribution in [0.15, 0.2) is 59.7 Å². The van der Waals surface area contributed by atoms with E-state index in [0.717, 1.165) is 30.8 Å². The fraction of sp³-hybridized carbons (Fsp3) is 0.318. The molecule has 1 saturated heterocycles. The van der Waals surface area contributed by atoms with E-state index >= 15 is 0 Å². The molecule has 1 aliphatic heterocycles. The molecule has 1 atom stereocenters. The average molecular weight is 375 g/mol. The van der Waals surface area contributed by atoms with Gasteiger partial charge in [0.25, 0.3) is 5.56 Å². The zero-order valence-corrected chi connectivity index (χ0v) is 16.3. The molecule has 4 rings (SSSR count). The van der Waals surface area contributed by atoms with E-state index in [1.165, 1.54) is 18.1 Å². The van der Waals surface area contributed by atoms with Crippen LogP contribution in [0.2, 0.25) is 0 Å². The summed E-state index contributed by atoms with van der Waals surface area (Å²) >= 11 is 0. The number of nitrogens with one attached hydrogen (secondary N) is 1. The van der Waals surface area contributed by atoms with Crippen molar-refractivity contribution in [3.8, 4) is 22.6 Å². The fourth-order valence-corrected chi connectivity index (χ4v) is 3.67. The quantitative estimate of drug-likeness (QED) is 0.743. The van der Waals surface area contributed by atoms with E-state index in [1.54, 1.807) is 12.4 Å². The molecule has 28 heavy (non-hydrogen) atoms. The van der Waals surface area contributed by atoms with Gasteiger partial charge in [0.15, 0.2) is 0 Å². The third-order valence-electron chi connectivity index (χ3n) is 5.33. The third kappa shape index (κ3) is 4.18. The Balaban J connectivity index is 1.51. The highest BCUT2D eigenvalue weighted by Gasteiger charge is 2.23. The number of aromatic nitrogens is 3. The Bertz CT molecular complexity index is 982. The smallest absolute Gasteiger partial charge is 0.251 e. The molecule has 3 aromatic rings. The van der Waals surface area contributed by atoms with Gasteiger partial charge in [-0.15, -0.1) is 0 Å². The van der Waals surface area contributed by atoms with Crippen LogP contribution in [0.4, 0.5) is 0 Å². The van der Waals surface area contributed by atoms with Crippen molar-refractivity contribution >= 4 is 0 Å². The second-order valence-electron chi connectivity index (χ2n) is 7.55. The van der Waals surface area contributed by atoms with E-state index in [9.17, 15) is 4.79 Å². The van der Waals surface area contributed by atoms with Crippen LogP contribution in [-0.2, 0) is 6.54 Å². The summed E-state index contributed by atoms with van der Waals surface area (Å²) in [6, 6.07) is 14.2. The minimum absolute atomic E-state index is 0.160. The second-order valence-corrected chi connectivity index (χ2v) is 7.55. The predicted octanol–water partition coefficient (Wildman–Crippen LogP) is 2.63. The van der Waals surface area contributed by atoms with Crippen molar-refractivity contribution in [2.24, 2.45) is 0 Å². The van der Waals surface area contributed by atoms with Crippen molar-refractivity contribution in [1.29, 1.82) is 0 Å². The van der Waals surface area contributed by atoms with Gasteiger partial charge in [0.05, 0.1) is 5.69 Å². The molecule has 6 heteroatoms. The number of benzene rings is 1. The molecule has 1 unspecified atom stereocenters. The number of likely N-dealkylation sites (N-methyl/N-ethyl adjacent to an activating group) is 1. The number of likely N-dealkylation sites (tertiary alicyclic amines) is 1. The molecule has 1 aliphatic rings. The van der Waals surface area contributed by atoms with Crippen molar-refractivity contribution in [2.45, 2.75) is 19.0 Å². The predicted molar refractivity (Wildman–Crippen MR) is 111 cm³/mol.